The summed E-state index contributed by atoms with van der Waals surface area (Å²) in [6.07, 6.45) is 0.538. The molecule has 0 radical (unpaired) electrons. The zero-order valence-corrected chi connectivity index (χ0v) is 16.6. The van der Waals surface area contributed by atoms with Crippen LogP contribution in [0.4, 0.5) is 4.39 Å². The van der Waals surface area contributed by atoms with Gasteiger partial charge < -0.3 is 9.64 Å². The van der Waals surface area contributed by atoms with Gasteiger partial charge in [-0.3, -0.25) is 9.59 Å². The average Bonchev–Trinajstić information content (AvgIpc) is 3.35. The number of carbonyl (C=O) groups excluding carboxylic acids is 2. The molecule has 0 spiro atoms. The molecule has 2 amide bonds. The summed E-state index contributed by atoms with van der Waals surface area (Å²) in [6, 6.07) is 9.65. The molecule has 1 unspecified atom stereocenters. The van der Waals surface area contributed by atoms with Gasteiger partial charge in [-0.2, -0.15) is 5.10 Å². The van der Waals surface area contributed by atoms with Crippen LogP contribution in [0.1, 0.15) is 29.8 Å². The van der Waals surface area contributed by atoms with Crippen LogP contribution in [0.3, 0.4) is 0 Å². The van der Waals surface area contributed by atoms with E-state index < -0.39 is 0 Å². The number of hydrogen-bond donors (Lipinski definition) is 0. The molecule has 0 fully saturated rings. The Balaban J connectivity index is 1.85. The minimum atomic E-state index is -0.332. The van der Waals surface area contributed by atoms with Gasteiger partial charge >= 0.3 is 0 Å². The van der Waals surface area contributed by atoms with Gasteiger partial charge in [0.15, 0.2) is 0 Å². The Morgan fingerprint density at radius 2 is 2.07 bits per heavy atom. The average molecular weight is 403 g/mol. The van der Waals surface area contributed by atoms with Gasteiger partial charge in [-0.25, -0.2) is 9.40 Å². The monoisotopic (exact) mass is 403 g/mol. The van der Waals surface area contributed by atoms with Gasteiger partial charge in [0.05, 0.1) is 23.2 Å². The second kappa shape index (κ2) is 9.07. The number of hydrogen-bond acceptors (Lipinski definition) is 5. The molecule has 0 aliphatic carbocycles. The smallest absolute Gasteiger partial charge is 0.262 e. The zero-order valence-electron chi connectivity index (χ0n) is 15.8. The molecule has 1 aliphatic heterocycles. The topological polar surface area (TPSA) is 62.2 Å². The Labute approximate surface area is 167 Å². The van der Waals surface area contributed by atoms with E-state index in [4.69, 9.17) is 4.74 Å². The first-order valence-electron chi connectivity index (χ1n) is 8.93. The van der Waals surface area contributed by atoms with E-state index in [0.29, 0.717) is 19.6 Å². The summed E-state index contributed by atoms with van der Waals surface area (Å²) in [5.74, 6) is -0.820. The highest BCUT2D eigenvalue weighted by Crippen LogP contribution is 2.34. The van der Waals surface area contributed by atoms with Crippen molar-refractivity contribution in [2.75, 3.05) is 26.8 Å². The first-order valence-corrected chi connectivity index (χ1v) is 9.81. The van der Waals surface area contributed by atoms with Crippen LogP contribution in [0, 0.1) is 5.82 Å². The summed E-state index contributed by atoms with van der Waals surface area (Å²) >= 11 is 1.55. The van der Waals surface area contributed by atoms with Crippen molar-refractivity contribution in [1.82, 2.24) is 9.91 Å². The molecule has 0 N–H and O–H groups in total. The predicted octanol–water partition coefficient (Wildman–Crippen LogP) is 3.06. The largest absolute Gasteiger partial charge is 0.383 e. The van der Waals surface area contributed by atoms with Crippen molar-refractivity contribution in [3.63, 3.8) is 0 Å². The van der Waals surface area contributed by atoms with Crippen molar-refractivity contribution in [2.45, 2.75) is 19.4 Å². The number of ether oxygens (including phenoxy) is 1. The second-order valence-electron chi connectivity index (χ2n) is 6.47. The predicted molar refractivity (Wildman–Crippen MR) is 106 cm³/mol. The fraction of sp³-hybridized carbons (Fsp3) is 0.350. The number of methoxy groups -OCH3 is 1. The number of thiophene rings is 1. The van der Waals surface area contributed by atoms with Crippen molar-refractivity contribution in [3.8, 4) is 0 Å². The molecule has 3 rings (SSSR count). The van der Waals surface area contributed by atoms with E-state index in [1.165, 1.54) is 29.0 Å². The Morgan fingerprint density at radius 1 is 1.32 bits per heavy atom. The van der Waals surface area contributed by atoms with Gasteiger partial charge in [-0.05, 0) is 29.1 Å². The Morgan fingerprint density at radius 3 is 2.68 bits per heavy atom. The molecular weight excluding hydrogens is 381 g/mol. The minimum Gasteiger partial charge on any atom is -0.383 e. The number of benzene rings is 1. The molecule has 8 heteroatoms. The maximum atomic E-state index is 13.3. The minimum absolute atomic E-state index is 0.0857. The highest BCUT2D eigenvalue weighted by molar-refractivity contribution is 7.12. The molecule has 0 bridgehead atoms. The van der Waals surface area contributed by atoms with E-state index >= 15 is 0 Å². The number of halogens is 1. The van der Waals surface area contributed by atoms with Crippen LogP contribution in [-0.2, 0) is 14.3 Å². The van der Waals surface area contributed by atoms with Gasteiger partial charge in [0.25, 0.3) is 5.91 Å². The Bertz CT molecular complexity index is 852. The number of rotatable bonds is 7. The summed E-state index contributed by atoms with van der Waals surface area (Å²) in [5, 5.41) is 7.93. The molecule has 2 aromatic rings. The van der Waals surface area contributed by atoms with E-state index in [1.54, 1.807) is 30.6 Å². The van der Waals surface area contributed by atoms with E-state index in [9.17, 15) is 14.0 Å². The summed E-state index contributed by atoms with van der Waals surface area (Å²) in [5.41, 5.74) is 1.61. The van der Waals surface area contributed by atoms with Crippen LogP contribution in [-0.4, -0.2) is 54.2 Å². The fourth-order valence-electron chi connectivity index (χ4n) is 3.06. The van der Waals surface area contributed by atoms with E-state index in [-0.39, 0.29) is 30.2 Å². The van der Waals surface area contributed by atoms with Crippen LogP contribution in [0.2, 0.25) is 0 Å². The SMILES string of the molecule is COCCN(CC(=O)N1N=C(c2cccs2)CC1c1ccc(F)cc1)C(C)=O. The van der Waals surface area contributed by atoms with Gasteiger partial charge in [0.1, 0.15) is 12.4 Å². The summed E-state index contributed by atoms with van der Waals surface area (Å²) in [6.45, 7) is 2.01. The lowest BCUT2D eigenvalue weighted by atomic mass is 10.0. The Hall–Kier alpha value is -2.58. The molecule has 28 heavy (non-hydrogen) atoms. The second-order valence-corrected chi connectivity index (χ2v) is 7.41. The van der Waals surface area contributed by atoms with Crippen LogP contribution in [0.5, 0.6) is 0 Å². The number of amides is 2. The fourth-order valence-corrected chi connectivity index (χ4v) is 3.78. The first-order chi connectivity index (χ1) is 13.5. The molecule has 1 atom stereocenters. The highest BCUT2D eigenvalue weighted by Gasteiger charge is 2.34. The third-order valence-corrected chi connectivity index (χ3v) is 5.48. The first kappa shape index (κ1) is 20.2. The lowest BCUT2D eigenvalue weighted by Crippen LogP contribution is -2.41. The van der Waals surface area contributed by atoms with Gasteiger partial charge in [-0.1, -0.05) is 18.2 Å². The lowest BCUT2D eigenvalue weighted by molar-refractivity contribution is -0.141. The van der Waals surface area contributed by atoms with Crippen LogP contribution in [0.25, 0.3) is 0 Å². The molecule has 148 valence electrons. The van der Waals surface area contributed by atoms with Crippen LogP contribution >= 0.6 is 11.3 Å². The Kier molecular flexibility index (Phi) is 6.53. The van der Waals surface area contributed by atoms with Crippen molar-refractivity contribution in [2.24, 2.45) is 5.10 Å². The van der Waals surface area contributed by atoms with Crippen LogP contribution in [0.15, 0.2) is 46.9 Å². The van der Waals surface area contributed by atoms with Crippen molar-refractivity contribution in [1.29, 1.82) is 0 Å². The van der Waals surface area contributed by atoms with E-state index in [1.807, 2.05) is 17.5 Å². The highest BCUT2D eigenvalue weighted by atomic mass is 32.1. The molecule has 1 aliphatic rings. The quantitative estimate of drug-likeness (QED) is 0.714. The van der Waals surface area contributed by atoms with Gasteiger partial charge in [-0.15, -0.1) is 11.3 Å². The molecule has 0 saturated carbocycles. The summed E-state index contributed by atoms with van der Waals surface area (Å²) in [7, 11) is 1.54. The normalized spacial score (nSPS) is 16.2. The summed E-state index contributed by atoms with van der Waals surface area (Å²) in [4.78, 5) is 27.3. The van der Waals surface area contributed by atoms with Crippen molar-refractivity contribution in [3.05, 3.63) is 58.0 Å². The van der Waals surface area contributed by atoms with Crippen molar-refractivity contribution < 1.29 is 18.7 Å². The lowest BCUT2D eigenvalue weighted by Gasteiger charge is -2.26. The third-order valence-electron chi connectivity index (χ3n) is 4.56. The third kappa shape index (κ3) is 4.63. The molecule has 1 aromatic carbocycles. The molecular formula is C20H22FN3O3S. The molecule has 0 saturated heterocycles. The maximum Gasteiger partial charge on any atom is 0.262 e. The standard InChI is InChI=1S/C20H22FN3O3S/c1-14(25)23(9-10-27-2)13-20(26)24-18(15-5-7-16(21)8-6-15)12-17(22-24)19-4-3-11-28-19/h3-8,11,18H,9-10,12-13H2,1-2H3. The zero-order chi connectivity index (χ0) is 20.1. The van der Waals surface area contributed by atoms with E-state index in [2.05, 4.69) is 5.10 Å². The number of carbonyl (C=O) groups is 2. The van der Waals surface area contributed by atoms with E-state index in [0.717, 1.165) is 16.2 Å². The van der Waals surface area contributed by atoms with Gasteiger partial charge in [0, 0.05) is 27.0 Å². The maximum absolute atomic E-state index is 13.3. The van der Waals surface area contributed by atoms with Crippen LogP contribution < -0.4 is 0 Å². The van der Waals surface area contributed by atoms with Crippen molar-refractivity contribution >= 4 is 28.9 Å². The number of hydrazone groups is 1. The van der Waals surface area contributed by atoms with Gasteiger partial charge in [0.2, 0.25) is 5.91 Å². The molecule has 1 aromatic heterocycles. The molecule has 2 heterocycles. The molecule has 6 nitrogen and oxygen atoms in total. The summed E-state index contributed by atoms with van der Waals surface area (Å²) < 4.78 is 18.4. The number of nitrogens with zero attached hydrogens (tertiary/aromatic N) is 3.